The van der Waals surface area contributed by atoms with Crippen molar-refractivity contribution in [2.45, 2.75) is 0 Å². The van der Waals surface area contributed by atoms with Crippen molar-refractivity contribution in [2.75, 3.05) is 5.32 Å². The van der Waals surface area contributed by atoms with E-state index in [1.165, 1.54) is 41.7 Å². The monoisotopic (exact) mass is 321 g/mol. The summed E-state index contributed by atoms with van der Waals surface area (Å²) in [7, 11) is 0. The van der Waals surface area contributed by atoms with Crippen LogP contribution in [0.4, 0.5) is 10.1 Å². The number of phenolic OH excluding ortho intramolecular Hbond substituents is 1. The fourth-order valence-corrected chi connectivity index (χ4v) is 3.11. The lowest BCUT2D eigenvalue weighted by atomic mass is 10.2. The summed E-state index contributed by atoms with van der Waals surface area (Å²) in [4.78, 5) is 12.6. The minimum absolute atomic E-state index is 0.0235. The summed E-state index contributed by atoms with van der Waals surface area (Å²) in [6.45, 7) is 0. The lowest BCUT2D eigenvalue weighted by Crippen LogP contribution is -2.10. The third kappa shape index (κ3) is 2.84. The first-order valence-electron chi connectivity index (χ1n) is 6.02. The fraction of sp³-hybridized carbons (Fsp3) is 0. The van der Waals surface area contributed by atoms with E-state index >= 15 is 0 Å². The average molecular weight is 322 g/mol. The minimum Gasteiger partial charge on any atom is -0.508 e. The Morgan fingerprint density at radius 2 is 2.00 bits per heavy atom. The molecule has 0 unspecified atom stereocenters. The van der Waals surface area contributed by atoms with Gasteiger partial charge in [0.1, 0.15) is 11.6 Å². The molecule has 21 heavy (non-hydrogen) atoms. The number of thiophene rings is 1. The zero-order chi connectivity index (χ0) is 15.0. The molecule has 0 fully saturated rings. The molecule has 106 valence electrons. The molecular weight excluding hydrogens is 313 g/mol. The topological polar surface area (TPSA) is 49.3 Å². The van der Waals surface area contributed by atoms with Crippen LogP contribution < -0.4 is 5.32 Å². The van der Waals surface area contributed by atoms with E-state index in [1.54, 1.807) is 12.1 Å². The maximum Gasteiger partial charge on any atom is 0.265 e. The summed E-state index contributed by atoms with van der Waals surface area (Å²) in [5.41, 5.74) is 0.406. The summed E-state index contributed by atoms with van der Waals surface area (Å²) in [6.07, 6.45) is 0. The quantitative estimate of drug-likeness (QED) is 0.675. The van der Waals surface area contributed by atoms with Crippen LogP contribution in [0.2, 0.25) is 5.02 Å². The number of benzene rings is 2. The number of amides is 1. The van der Waals surface area contributed by atoms with Crippen LogP contribution in [0, 0.1) is 5.82 Å². The van der Waals surface area contributed by atoms with Gasteiger partial charge in [-0.2, -0.15) is 0 Å². The molecule has 1 heterocycles. The molecule has 0 bridgehead atoms. The van der Waals surface area contributed by atoms with E-state index < -0.39 is 0 Å². The van der Waals surface area contributed by atoms with E-state index in [4.69, 9.17) is 11.6 Å². The van der Waals surface area contributed by atoms with Crippen molar-refractivity contribution in [3.05, 3.63) is 58.2 Å². The van der Waals surface area contributed by atoms with Crippen LogP contribution in [0.1, 0.15) is 9.67 Å². The van der Waals surface area contributed by atoms with Crippen LogP contribution in [0.3, 0.4) is 0 Å². The van der Waals surface area contributed by atoms with Crippen molar-refractivity contribution >= 4 is 44.6 Å². The molecule has 0 spiro atoms. The predicted octanol–water partition coefficient (Wildman–Crippen LogP) is 4.65. The fourth-order valence-electron chi connectivity index (χ4n) is 1.91. The Hall–Kier alpha value is -2.11. The van der Waals surface area contributed by atoms with Crippen molar-refractivity contribution in [3.63, 3.8) is 0 Å². The molecule has 1 aromatic heterocycles. The molecule has 1 amide bonds. The van der Waals surface area contributed by atoms with Gasteiger partial charge in [-0.25, -0.2) is 4.39 Å². The first-order valence-corrected chi connectivity index (χ1v) is 7.21. The molecule has 0 atom stereocenters. The summed E-state index contributed by atoms with van der Waals surface area (Å²) < 4.78 is 13.9. The normalized spacial score (nSPS) is 10.8. The number of hydrogen-bond donors (Lipinski definition) is 2. The summed E-state index contributed by atoms with van der Waals surface area (Å²) in [6, 6.07) is 10.4. The number of nitrogens with one attached hydrogen (secondary N) is 1. The van der Waals surface area contributed by atoms with E-state index in [9.17, 15) is 14.3 Å². The Morgan fingerprint density at radius 1 is 1.19 bits per heavy atom. The Bertz CT molecular complexity index is 847. The highest BCUT2D eigenvalue weighted by Crippen LogP contribution is 2.29. The van der Waals surface area contributed by atoms with Gasteiger partial charge in [0, 0.05) is 10.8 Å². The van der Waals surface area contributed by atoms with Gasteiger partial charge in [-0.05, 0) is 35.7 Å². The predicted molar refractivity (Wildman–Crippen MR) is 82.9 cm³/mol. The number of halogens is 2. The number of fused-ring (bicyclic) bond motifs is 1. The standard InChI is InChI=1S/C15H9ClFNO2S/c16-11-7-10(19)3-4-12(11)18-15(20)14-5-8-1-2-9(17)6-13(8)21-14/h1-7,19H,(H,18,20). The van der Waals surface area contributed by atoms with Crippen molar-refractivity contribution in [2.24, 2.45) is 0 Å². The Labute approximate surface area is 128 Å². The molecule has 0 aliphatic rings. The zero-order valence-corrected chi connectivity index (χ0v) is 12.1. The van der Waals surface area contributed by atoms with Gasteiger partial charge in [-0.3, -0.25) is 4.79 Å². The second-order valence-electron chi connectivity index (χ2n) is 4.41. The number of aromatic hydroxyl groups is 1. The van der Waals surface area contributed by atoms with Crippen LogP contribution in [-0.4, -0.2) is 11.0 Å². The van der Waals surface area contributed by atoms with Crippen molar-refractivity contribution in [1.29, 1.82) is 0 Å². The van der Waals surface area contributed by atoms with Crippen LogP contribution in [0.15, 0.2) is 42.5 Å². The minimum atomic E-state index is -0.335. The molecule has 0 radical (unpaired) electrons. The van der Waals surface area contributed by atoms with E-state index in [0.29, 0.717) is 15.3 Å². The van der Waals surface area contributed by atoms with Crippen molar-refractivity contribution < 1.29 is 14.3 Å². The van der Waals surface area contributed by atoms with Gasteiger partial charge in [0.25, 0.3) is 5.91 Å². The van der Waals surface area contributed by atoms with Crippen LogP contribution >= 0.6 is 22.9 Å². The average Bonchev–Trinajstić information content (AvgIpc) is 2.85. The molecule has 2 N–H and O–H groups in total. The number of carbonyl (C=O) groups excluding carboxylic acids is 1. The third-order valence-electron chi connectivity index (χ3n) is 2.91. The Balaban J connectivity index is 1.89. The van der Waals surface area contributed by atoms with Crippen molar-refractivity contribution in [1.82, 2.24) is 0 Å². The maximum atomic E-state index is 13.1. The van der Waals surface area contributed by atoms with Gasteiger partial charge in [0.15, 0.2) is 0 Å². The van der Waals surface area contributed by atoms with E-state index in [1.807, 2.05) is 0 Å². The van der Waals surface area contributed by atoms with Gasteiger partial charge in [0.05, 0.1) is 15.6 Å². The summed E-state index contributed by atoms with van der Waals surface area (Å²) in [5, 5.41) is 13.0. The molecular formula is C15H9ClFNO2S. The van der Waals surface area contributed by atoms with Crippen LogP contribution in [0.5, 0.6) is 5.75 Å². The number of rotatable bonds is 2. The van der Waals surface area contributed by atoms with E-state index in [0.717, 1.165) is 5.39 Å². The largest absolute Gasteiger partial charge is 0.508 e. The molecule has 3 rings (SSSR count). The second-order valence-corrected chi connectivity index (χ2v) is 5.90. The Kier molecular flexibility index (Phi) is 3.53. The molecule has 0 aliphatic carbocycles. The second kappa shape index (κ2) is 5.35. The van der Waals surface area contributed by atoms with E-state index in [-0.39, 0.29) is 22.5 Å². The lowest BCUT2D eigenvalue weighted by Gasteiger charge is -2.05. The maximum absolute atomic E-state index is 13.1. The smallest absolute Gasteiger partial charge is 0.265 e. The highest BCUT2D eigenvalue weighted by atomic mass is 35.5. The molecule has 0 aliphatic heterocycles. The highest BCUT2D eigenvalue weighted by Gasteiger charge is 2.12. The number of hydrogen-bond acceptors (Lipinski definition) is 3. The van der Waals surface area contributed by atoms with Gasteiger partial charge in [-0.15, -0.1) is 11.3 Å². The first-order chi connectivity index (χ1) is 10.0. The molecule has 3 nitrogen and oxygen atoms in total. The molecule has 0 saturated carbocycles. The molecule has 2 aromatic carbocycles. The van der Waals surface area contributed by atoms with Gasteiger partial charge >= 0.3 is 0 Å². The molecule has 6 heteroatoms. The SMILES string of the molecule is O=C(Nc1ccc(O)cc1Cl)c1cc2ccc(F)cc2s1. The summed E-state index contributed by atoms with van der Waals surface area (Å²) in [5.74, 6) is -0.641. The van der Waals surface area contributed by atoms with Crippen LogP contribution in [-0.2, 0) is 0 Å². The number of carbonyl (C=O) groups is 1. The first kappa shape index (κ1) is 13.9. The van der Waals surface area contributed by atoms with E-state index in [2.05, 4.69) is 5.32 Å². The lowest BCUT2D eigenvalue weighted by molar-refractivity contribution is 0.103. The third-order valence-corrected chi connectivity index (χ3v) is 4.32. The van der Waals surface area contributed by atoms with Gasteiger partial charge in [-0.1, -0.05) is 17.7 Å². The van der Waals surface area contributed by atoms with Gasteiger partial charge < -0.3 is 10.4 Å². The Morgan fingerprint density at radius 3 is 2.76 bits per heavy atom. The number of phenols is 1. The highest BCUT2D eigenvalue weighted by molar-refractivity contribution is 7.20. The van der Waals surface area contributed by atoms with Crippen molar-refractivity contribution in [3.8, 4) is 5.75 Å². The van der Waals surface area contributed by atoms with Gasteiger partial charge in [0.2, 0.25) is 0 Å². The summed E-state index contributed by atoms with van der Waals surface area (Å²) >= 11 is 7.14. The molecule has 3 aromatic rings. The molecule has 0 saturated heterocycles. The number of anilines is 1. The van der Waals surface area contributed by atoms with Crippen LogP contribution in [0.25, 0.3) is 10.1 Å². The zero-order valence-electron chi connectivity index (χ0n) is 10.6.